The Morgan fingerprint density at radius 1 is 1.38 bits per heavy atom. The summed E-state index contributed by atoms with van der Waals surface area (Å²) in [4.78, 5) is 7.97. The molecule has 2 aromatic heterocycles. The fourth-order valence-electron chi connectivity index (χ4n) is 1.05. The second kappa shape index (κ2) is 3.64. The number of thiazole rings is 1. The highest BCUT2D eigenvalue weighted by Gasteiger charge is 2.11. The van der Waals surface area contributed by atoms with Gasteiger partial charge in [-0.25, -0.2) is 4.98 Å². The molecule has 0 aliphatic heterocycles. The van der Waals surface area contributed by atoms with Crippen molar-refractivity contribution >= 4 is 11.3 Å². The van der Waals surface area contributed by atoms with E-state index in [1.807, 2.05) is 11.4 Å². The molecule has 2 rings (SSSR count). The quantitative estimate of drug-likeness (QED) is 0.786. The number of aliphatic hydroxyl groups is 1. The molecule has 13 heavy (non-hydrogen) atoms. The summed E-state index contributed by atoms with van der Waals surface area (Å²) in [6, 6.07) is 3.63. The first-order valence-electron chi connectivity index (χ1n) is 3.85. The molecule has 1 N–H and O–H groups in total. The van der Waals surface area contributed by atoms with Crippen LogP contribution in [0.3, 0.4) is 0 Å². The molecular weight excluding hydrogens is 184 g/mol. The molecule has 2 aromatic rings. The third kappa shape index (κ3) is 1.74. The fraction of sp³-hybridized carbons (Fsp3) is 0.111. The highest BCUT2D eigenvalue weighted by atomic mass is 32.1. The van der Waals surface area contributed by atoms with Crippen molar-refractivity contribution in [1.82, 2.24) is 9.97 Å². The summed E-state index contributed by atoms with van der Waals surface area (Å²) in [5.41, 5.74) is 0.775. The van der Waals surface area contributed by atoms with Crippen molar-refractivity contribution in [2.24, 2.45) is 0 Å². The van der Waals surface area contributed by atoms with E-state index < -0.39 is 6.10 Å². The van der Waals surface area contributed by atoms with E-state index in [-0.39, 0.29) is 0 Å². The third-order valence-corrected chi connectivity index (χ3v) is 2.51. The highest BCUT2D eigenvalue weighted by Crippen LogP contribution is 2.22. The minimum Gasteiger partial charge on any atom is -0.381 e. The largest absolute Gasteiger partial charge is 0.381 e. The Hall–Kier alpha value is -1.26. The average molecular weight is 192 g/mol. The zero-order chi connectivity index (χ0) is 9.10. The maximum absolute atomic E-state index is 9.79. The second-order valence-electron chi connectivity index (χ2n) is 2.56. The Morgan fingerprint density at radius 2 is 2.31 bits per heavy atom. The van der Waals surface area contributed by atoms with Crippen molar-refractivity contribution in [3.63, 3.8) is 0 Å². The lowest BCUT2D eigenvalue weighted by atomic mass is 10.2. The van der Waals surface area contributed by atoms with Gasteiger partial charge in [-0.3, -0.25) is 4.98 Å². The Labute approximate surface area is 79.7 Å². The van der Waals surface area contributed by atoms with Crippen LogP contribution in [0.2, 0.25) is 0 Å². The van der Waals surface area contributed by atoms with E-state index in [2.05, 4.69) is 9.97 Å². The molecular formula is C9H8N2OS. The van der Waals surface area contributed by atoms with Crippen molar-refractivity contribution in [3.05, 3.63) is 46.7 Å². The van der Waals surface area contributed by atoms with E-state index in [1.165, 1.54) is 11.3 Å². The molecule has 0 aromatic carbocycles. The lowest BCUT2D eigenvalue weighted by Gasteiger charge is -2.05. The van der Waals surface area contributed by atoms with Crippen LogP contribution in [0.5, 0.6) is 0 Å². The lowest BCUT2D eigenvalue weighted by molar-refractivity contribution is 0.219. The zero-order valence-electron chi connectivity index (χ0n) is 6.79. The van der Waals surface area contributed by atoms with Crippen molar-refractivity contribution in [3.8, 4) is 0 Å². The predicted molar refractivity (Wildman–Crippen MR) is 50.4 cm³/mol. The third-order valence-electron chi connectivity index (χ3n) is 1.69. The topological polar surface area (TPSA) is 46.0 Å². The highest BCUT2D eigenvalue weighted by molar-refractivity contribution is 7.09. The Balaban J connectivity index is 2.29. The van der Waals surface area contributed by atoms with Crippen LogP contribution in [0.25, 0.3) is 0 Å². The summed E-state index contributed by atoms with van der Waals surface area (Å²) in [5, 5.41) is 12.3. The summed E-state index contributed by atoms with van der Waals surface area (Å²) in [7, 11) is 0. The SMILES string of the molecule is O[C@@H](c1cccnc1)c1nccs1. The van der Waals surface area contributed by atoms with E-state index in [9.17, 15) is 5.11 Å². The van der Waals surface area contributed by atoms with Gasteiger partial charge in [0.05, 0.1) is 0 Å². The molecule has 0 radical (unpaired) electrons. The van der Waals surface area contributed by atoms with E-state index >= 15 is 0 Å². The van der Waals surface area contributed by atoms with Gasteiger partial charge in [-0.15, -0.1) is 11.3 Å². The molecule has 0 fully saturated rings. The number of hydrogen-bond donors (Lipinski definition) is 1. The van der Waals surface area contributed by atoms with Crippen LogP contribution in [0.1, 0.15) is 16.7 Å². The van der Waals surface area contributed by atoms with Crippen LogP contribution < -0.4 is 0 Å². The molecule has 0 aliphatic carbocycles. The van der Waals surface area contributed by atoms with E-state index in [0.29, 0.717) is 5.01 Å². The fourth-order valence-corrected chi connectivity index (χ4v) is 1.70. The standard InChI is InChI=1S/C9H8N2OS/c12-8(9-11-4-5-13-9)7-2-1-3-10-6-7/h1-6,8,12H/t8-/m0/s1. The molecule has 2 heterocycles. The molecule has 0 spiro atoms. The van der Waals surface area contributed by atoms with Gasteiger partial charge in [0.1, 0.15) is 11.1 Å². The van der Waals surface area contributed by atoms with Gasteiger partial charge in [0.25, 0.3) is 0 Å². The molecule has 66 valence electrons. The molecule has 0 bridgehead atoms. The molecule has 0 saturated carbocycles. The van der Waals surface area contributed by atoms with Crippen LogP contribution in [-0.4, -0.2) is 15.1 Å². The number of aliphatic hydroxyl groups excluding tert-OH is 1. The van der Waals surface area contributed by atoms with Gasteiger partial charge in [-0.1, -0.05) is 6.07 Å². The van der Waals surface area contributed by atoms with Crippen molar-refractivity contribution in [2.45, 2.75) is 6.10 Å². The summed E-state index contributed by atoms with van der Waals surface area (Å²) < 4.78 is 0. The first-order valence-corrected chi connectivity index (χ1v) is 4.73. The van der Waals surface area contributed by atoms with Crippen molar-refractivity contribution in [2.75, 3.05) is 0 Å². The maximum Gasteiger partial charge on any atom is 0.132 e. The van der Waals surface area contributed by atoms with Crippen LogP contribution in [-0.2, 0) is 0 Å². The molecule has 0 amide bonds. The van der Waals surface area contributed by atoms with Crippen molar-refractivity contribution < 1.29 is 5.11 Å². The Kier molecular flexibility index (Phi) is 2.33. The summed E-state index contributed by atoms with van der Waals surface area (Å²) in [6.45, 7) is 0. The number of pyridine rings is 1. The Bertz CT molecular complexity index is 360. The lowest BCUT2D eigenvalue weighted by Crippen LogP contribution is -1.98. The van der Waals surface area contributed by atoms with Gasteiger partial charge in [0.15, 0.2) is 0 Å². The van der Waals surface area contributed by atoms with Gasteiger partial charge in [-0.05, 0) is 6.07 Å². The van der Waals surface area contributed by atoms with Crippen LogP contribution in [0.4, 0.5) is 0 Å². The van der Waals surface area contributed by atoms with E-state index in [4.69, 9.17) is 0 Å². The average Bonchev–Trinajstić information content (AvgIpc) is 2.71. The maximum atomic E-state index is 9.79. The Morgan fingerprint density at radius 3 is 2.92 bits per heavy atom. The van der Waals surface area contributed by atoms with Crippen LogP contribution >= 0.6 is 11.3 Å². The second-order valence-corrected chi connectivity index (χ2v) is 3.49. The first-order chi connectivity index (χ1) is 6.38. The molecule has 3 nitrogen and oxygen atoms in total. The molecule has 4 heteroatoms. The number of nitrogens with zero attached hydrogens (tertiary/aromatic N) is 2. The summed E-state index contributed by atoms with van der Waals surface area (Å²) in [5.74, 6) is 0. The minimum atomic E-state index is -0.645. The monoisotopic (exact) mass is 192 g/mol. The van der Waals surface area contributed by atoms with E-state index in [1.54, 1.807) is 24.7 Å². The van der Waals surface area contributed by atoms with Gasteiger partial charge in [0, 0.05) is 29.5 Å². The zero-order valence-corrected chi connectivity index (χ0v) is 7.61. The van der Waals surface area contributed by atoms with Crippen molar-refractivity contribution in [1.29, 1.82) is 0 Å². The molecule has 0 unspecified atom stereocenters. The summed E-state index contributed by atoms with van der Waals surface area (Å²) in [6.07, 6.45) is 4.36. The van der Waals surface area contributed by atoms with E-state index in [0.717, 1.165) is 5.56 Å². The number of aromatic nitrogens is 2. The number of hydrogen-bond acceptors (Lipinski definition) is 4. The van der Waals surface area contributed by atoms with Gasteiger partial charge in [0.2, 0.25) is 0 Å². The van der Waals surface area contributed by atoms with Gasteiger partial charge in [-0.2, -0.15) is 0 Å². The van der Waals surface area contributed by atoms with Crippen LogP contribution in [0.15, 0.2) is 36.1 Å². The first kappa shape index (κ1) is 8.34. The summed E-state index contributed by atoms with van der Waals surface area (Å²) >= 11 is 1.44. The van der Waals surface area contributed by atoms with Gasteiger partial charge >= 0.3 is 0 Å². The molecule has 0 saturated heterocycles. The van der Waals surface area contributed by atoms with Crippen LogP contribution in [0, 0.1) is 0 Å². The predicted octanol–water partition coefficient (Wildman–Crippen LogP) is 1.62. The van der Waals surface area contributed by atoms with Gasteiger partial charge < -0.3 is 5.11 Å². The molecule has 1 atom stereocenters. The minimum absolute atomic E-state index is 0.645. The molecule has 0 aliphatic rings. The smallest absolute Gasteiger partial charge is 0.132 e. The number of rotatable bonds is 2. The normalized spacial score (nSPS) is 12.7.